The monoisotopic (exact) mass is 275 g/mol. The number of nitrogens with zero attached hydrogens (tertiary/aromatic N) is 2. The molecule has 0 radical (unpaired) electrons. The summed E-state index contributed by atoms with van der Waals surface area (Å²) < 4.78 is 0. The maximum Gasteiger partial charge on any atom is 0.235 e. The molecule has 108 valence electrons. The van der Waals surface area contributed by atoms with Crippen LogP contribution in [0, 0.1) is 5.41 Å². The molecule has 0 saturated carbocycles. The molecule has 1 aliphatic heterocycles. The average Bonchev–Trinajstić information content (AvgIpc) is 2.60. The Bertz CT molecular complexity index is 526. The molecule has 1 fully saturated rings. The number of imide groups is 1. The van der Waals surface area contributed by atoms with E-state index in [1.807, 2.05) is 26.0 Å². The van der Waals surface area contributed by atoms with Gasteiger partial charge < -0.3 is 5.32 Å². The van der Waals surface area contributed by atoms with E-state index in [0.717, 1.165) is 24.3 Å². The summed E-state index contributed by atoms with van der Waals surface area (Å²) in [7, 11) is 0. The molecule has 1 N–H and O–H groups in total. The van der Waals surface area contributed by atoms with Crippen LogP contribution in [0.25, 0.3) is 0 Å². The maximum absolute atomic E-state index is 12.2. The molecule has 2 amide bonds. The van der Waals surface area contributed by atoms with Crippen LogP contribution in [0.3, 0.4) is 0 Å². The molecule has 1 aliphatic rings. The van der Waals surface area contributed by atoms with Gasteiger partial charge in [0.25, 0.3) is 0 Å². The second-order valence-corrected chi connectivity index (χ2v) is 5.78. The second kappa shape index (κ2) is 5.61. The van der Waals surface area contributed by atoms with Crippen LogP contribution in [-0.2, 0) is 16.1 Å². The minimum atomic E-state index is -0.587. The predicted molar refractivity (Wildman–Crippen MR) is 77.0 cm³/mol. The fourth-order valence-electron chi connectivity index (χ4n) is 2.33. The van der Waals surface area contributed by atoms with E-state index in [1.54, 1.807) is 6.20 Å². The topological polar surface area (TPSA) is 62.3 Å². The lowest BCUT2D eigenvalue weighted by molar-refractivity contribution is -0.141. The van der Waals surface area contributed by atoms with Crippen LogP contribution in [0.4, 0.5) is 5.82 Å². The van der Waals surface area contributed by atoms with Gasteiger partial charge in [-0.3, -0.25) is 14.5 Å². The summed E-state index contributed by atoms with van der Waals surface area (Å²) in [5.41, 5.74) is 0.288. The fraction of sp³-hybridized carbons (Fsp3) is 0.533. The van der Waals surface area contributed by atoms with Crippen LogP contribution in [0.15, 0.2) is 18.3 Å². The highest BCUT2D eigenvalue weighted by Gasteiger charge is 2.44. The number of carbonyl (C=O) groups excluding carboxylic acids is 2. The van der Waals surface area contributed by atoms with Crippen molar-refractivity contribution in [2.75, 3.05) is 11.9 Å². The first-order valence-corrected chi connectivity index (χ1v) is 6.98. The van der Waals surface area contributed by atoms with E-state index in [9.17, 15) is 9.59 Å². The van der Waals surface area contributed by atoms with E-state index < -0.39 is 5.41 Å². The molecule has 0 unspecified atom stereocenters. The minimum absolute atomic E-state index is 0.104. The highest BCUT2D eigenvalue weighted by atomic mass is 16.2. The predicted octanol–water partition coefficient (Wildman–Crippen LogP) is 2.19. The molecule has 20 heavy (non-hydrogen) atoms. The molecule has 5 nitrogen and oxygen atoms in total. The largest absolute Gasteiger partial charge is 0.370 e. The lowest BCUT2D eigenvalue weighted by atomic mass is 9.92. The Morgan fingerprint density at radius 3 is 2.75 bits per heavy atom. The quantitative estimate of drug-likeness (QED) is 0.837. The molecule has 0 atom stereocenters. The summed E-state index contributed by atoms with van der Waals surface area (Å²) >= 11 is 0. The van der Waals surface area contributed by atoms with Gasteiger partial charge in [0.1, 0.15) is 5.82 Å². The first-order valence-electron chi connectivity index (χ1n) is 6.98. The Morgan fingerprint density at radius 1 is 1.40 bits per heavy atom. The average molecular weight is 275 g/mol. The molecular weight excluding hydrogens is 254 g/mol. The van der Waals surface area contributed by atoms with Crippen molar-refractivity contribution in [1.29, 1.82) is 0 Å². The third kappa shape index (κ3) is 2.81. The highest BCUT2D eigenvalue weighted by molar-refractivity contribution is 6.05. The van der Waals surface area contributed by atoms with E-state index >= 15 is 0 Å². The van der Waals surface area contributed by atoms with Gasteiger partial charge in [-0.1, -0.05) is 26.8 Å². The third-order valence-corrected chi connectivity index (χ3v) is 3.48. The van der Waals surface area contributed by atoms with Gasteiger partial charge in [-0.2, -0.15) is 0 Å². The number of amides is 2. The fourth-order valence-corrected chi connectivity index (χ4v) is 2.33. The summed E-state index contributed by atoms with van der Waals surface area (Å²) in [5.74, 6) is 0.540. The Morgan fingerprint density at radius 2 is 2.15 bits per heavy atom. The van der Waals surface area contributed by atoms with Crippen molar-refractivity contribution in [3.05, 3.63) is 23.9 Å². The van der Waals surface area contributed by atoms with Crippen LogP contribution in [-0.4, -0.2) is 28.2 Å². The van der Waals surface area contributed by atoms with Crippen LogP contribution in [0.2, 0.25) is 0 Å². The summed E-state index contributed by atoms with van der Waals surface area (Å²) in [6.45, 7) is 6.81. The molecule has 2 heterocycles. The standard InChI is InChI=1S/C15H21N3O2/c1-4-7-16-13-11(6-5-8-17-13)10-18-12(19)9-15(2,3)14(18)20/h5-6,8H,4,7,9-10H2,1-3H3,(H,16,17). The van der Waals surface area contributed by atoms with Crippen molar-refractivity contribution in [2.24, 2.45) is 5.41 Å². The molecular formula is C15H21N3O2. The Balaban J connectivity index is 2.18. The van der Waals surface area contributed by atoms with Gasteiger partial charge in [0, 0.05) is 24.7 Å². The van der Waals surface area contributed by atoms with E-state index in [4.69, 9.17) is 0 Å². The van der Waals surface area contributed by atoms with Crippen LogP contribution in [0.5, 0.6) is 0 Å². The Hall–Kier alpha value is -1.91. The van der Waals surface area contributed by atoms with Gasteiger partial charge in [-0.05, 0) is 12.5 Å². The Kier molecular flexibility index (Phi) is 4.06. The van der Waals surface area contributed by atoms with Crippen molar-refractivity contribution >= 4 is 17.6 Å². The zero-order chi connectivity index (χ0) is 14.8. The van der Waals surface area contributed by atoms with Gasteiger partial charge in [-0.15, -0.1) is 0 Å². The summed E-state index contributed by atoms with van der Waals surface area (Å²) in [6, 6.07) is 3.72. The van der Waals surface area contributed by atoms with Gasteiger partial charge in [-0.25, -0.2) is 4.98 Å². The molecule has 1 aromatic heterocycles. The van der Waals surface area contributed by atoms with E-state index in [-0.39, 0.29) is 18.2 Å². The summed E-state index contributed by atoms with van der Waals surface area (Å²) in [4.78, 5) is 29.9. The van der Waals surface area contributed by atoms with E-state index in [1.165, 1.54) is 4.90 Å². The normalized spacial score (nSPS) is 17.6. The summed E-state index contributed by atoms with van der Waals surface area (Å²) in [5, 5.41) is 3.23. The molecule has 1 aromatic rings. The smallest absolute Gasteiger partial charge is 0.235 e. The molecule has 1 saturated heterocycles. The maximum atomic E-state index is 12.2. The van der Waals surface area contributed by atoms with E-state index in [2.05, 4.69) is 17.2 Å². The number of anilines is 1. The number of nitrogens with one attached hydrogen (secondary N) is 1. The minimum Gasteiger partial charge on any atom is -0.370 e. The number of rotatable bonds is 5. The van der Waals surface area contributed by atoms with Crippen molar-refractivity contribution < 1.29 is 9.59 Å². The first kappa shape index (κ1) is 14.5. The molecule has 0 bridgehead atoms. The molecule has 2 rings (SSSR count). The summed E-state index contributed by atoms with van der Waals surface area (Å²) in [6.07, 6.45) is 2.98. The van der Waals surface area contributed by atoms with Gasteiger partial charge in [0.15, 0.2) is 0 Å². The second-order valence-electron chi connectivity index (χ2n) is 5.78. The Labute approximate surface area is 119 Å². The van der Waals surface area contributed by atoms with Gasteiger partial charge >= 0.3 is 0 Å². The van der Waals surface area contributed by atoms with Gasteiger partial charge in [0.2, 0.25) is 11.8 Å². The van der Waals surface area contributed by atoms with Crippen molar-refractivity contribution in [3.63, 3.8) is 0 Å². The number of pyridine rings is 1. The van der Waals surface area contributed by atoms with E-state index in [0.29, 0.717) is 6.54 Å². The van der Waals surface area contributed by atoms with Crippen LogP contribution < -0.4 is 5.32 Å². The number of aromatic nitrogens is 1. The molecule has 0 spiro atoms. The van der Waals surface area contributed by atoms with Crippen LogP contribution >= 0.6 is 0 Å². The lowest BCUT2D eigenvalue weighted by Crippen LogP contribution is -2.32. The van der Waals surface area contributed by atoms with Crippen molar-refractivity contribution in [1.82, 2.24) is 9.88 Å². The molecule has 0 aromatic carbocycles. The third-order valence-electron chi connectivity index (χ3n) is 3.48. The molecule has 5 heteroatoms. The van der Waals surface area contributed by atoms with Crippen molar-refractivity contribution in [2.45, 2.75) is 40.2 Å². The number of hydrogen-bond donors (Lipinski definition) is 1. The zero-order valence-corrected chi connectivity index (χ0v) is 12.3. The number of carbonyl (C=O) groups is 2. The highest BCUT2D eigenvalue weighted by Crippen LogP contribution is 2.33. The van der Waals surface area contributed by atoms with Crippen LogP contribution in [0.1, 0.15) is 39.2 Å². The lowest BCUT2D eigenvalue weighted by Gasteiger charge is -2.19. The number of hydrogen-bond acceptors (Lipinski definition) is 4. The zero-order valence-electron chi connectivity index (χ0n) is 12.3. The number of likely N-dealkylation sites (tertiary alicyclic amines) is 1. The van der Waals surface area contributed by atoms with Crippen molar-refractivity contribution in [3.8, 4) is 0 Å². The van der Waals surface area contributed by atoms with Gasteiger partial charge in [0.05, 0.1) is 12.0 Å². The SMILES string of the molecule is CCCNc1ncccc1CN1C(=O)CC(C)(C)C1=O. The molecule has 0 aliphatic carbocycles. The first-order chi connectivity index (χ1) is 9.45.